The molecule has 2 heterocycles. The van der Waals surface area contributed by atoms with Gasteiger partial charge in [0.2, 0.25) is 10.0 Å². The van der Waals surface area contributed by atoms with Crippen LogP contribution in [0.3, 0.4) is 0 Å². The lowest BCUT2D eigenvalue weighted by Gasteiger charge is -2.25. The van der Waals surface area contributed by atoms with Gasteiger partial charge in [-0.15, -0.1) is 0 Å². The summed E-state index contributed by atoms with van der Waals surface area (Å²) in [6.07, 6.45) is 4.47. The van der Waals surface area contributed by atoms with Crippen LogP contribution in [0.25, 0.3) is 12.2 Å². The molecule has 1 aliphatic heterocycles. The molecule has 1 aromatic heterocycles. The second-order valence-electron chi connectivity index (χ2n) is 7.94. The smallest absolute Gasteiger partial charge is 0.243 e. The van der Waals surface area contributed by atoms with Crippen LogP contribution in [0.4, 0.5) is 0 Å². The van der Waals surface area contributed by atoms with Gasteiger partial charge < -0.3 is 9.32 Å². The van der Waals surface area contributed by atoms with Crippen LogP contribution in [0.5, 0.6) is 0 Å². The summed E-state index contributed by atoms with van der Waals surface area (Å²) < 4.78 is 33.7. The van der Waals surface area contributed by atoms with E-state index in [0.29, 0.717) is 36.0 Å². The van der Waals surface area contributed by atoms with Crippen LogP contribution in [0.1, 0.15) is 28.2 Å². The van der Waals surface area contributed by atoms with E-state index in [4.69, 9.17) is 16.0 Å². The molecule has 0 spiro atoms. The van der Waals surface area contributed by atoms with Gasteiger partial charge in [-0.05, 0) is 55.6 Å². The van der Waals surface area contributed by atoms with Crippen LogP contribution >= 0.6 is 11.6 Å². The van der Waals surface area contributed by atoms with Gasteiger partial charge in [-0.1, -0.05) is 48.0 Å². The first-order valence-electron chi connectivity index (χ1n) is 10.1. The van der Waals surface area contributed by atoms with Gasteiger partial charge >= 0.3 is 0 Å². The van der Waals surface area contributed by atoms with Gasteiger partial charge in [0.25, 0.3) is 0 Å². The van der Waals surface area contributed by atoms with Crippen molar-refractivity contribution in [1.82, 2.24) is 9.21 Å². The summed E-state index contributed by atoms with van der Waals surface area (Å²) in [7, 11) is 0.388. The summed E-state index contributed by atoms with van der Waals surface area (Å²) in [4.78, 5) is 2.33. The standard InChI is InChI=1S/C24H25ClN2O3S/c1-26(2)17-22-15-20-16-27(13-12-24(20)30-22)31(28,29)23-10-8-18(9-11-23)6-7-19-4-3-5-21(25)14-19/h3-11,14-15H,12-13,16-17H2,1-2H3. The highest BCUT2D eigenvalue weighted by atomic mass is 35.5. The maximum atomic E-state index is 13.2. The van der Waals surface area contributed by atoms with Crippen molar-refractivity contribution in [1.29, 1.82) is 0 Å². The van der Waals surface area contributed by atoms with E-state index >= 15 is 0 Å². The van der Waals surface area contributed by atoms with Crippen molar-refractivity contribution in [2.45, 2.75) is 24.4 Å². The van der Waals surface area contributed by atoms with Crippen molar-refractivity contribution in [3.63, 3.8) is 0 Å². The van der Waals surface area contributed by atoms with E-state index in [-0.39, 0.29) is 0 Å². The third-order valence-electron chi connectivity index (χ3n) is 5.19. The van der Waals surface area contributed by atoms with Crippen molar-refractivity contribution in [2.75, 3.05) is 20.6 Å². The number of halogens is 1. The molecule has 0 saturated heterocycles. The molecule has 162 valence electrons. The number of furan rings is 1. The Balaban J connectivity index is 1.48. The molecule has 5 nitrogen and oxygen atoms in total. The number of benzene rings is 2. The monoisotopic (exact) mass is 456 g/mol. The summed E-state index contributed by atoms with van der Waals surface area (Å²) in [5.74, 6) is 1.76. The van der Waals surface area contributed by atoms with E-state index in [1.54, 1.807) is 12.1 Å². The zero-order valence-electron chi connectivity index (χ0n) is 17.6. The van der Waals surface area contributed by atoms with Crippen LogP contribution in [0, 0.1) is 0 Å². The first-order chi connectivity index (χ1) is 14.8. The lowest BCUT2D eigenvalue weighted by Crippen LogP contribution is -2.35. The fourth-order valence-electron chi connectivity index (χ4n) is 3.67. The minimum atomic E-state index is -3.57. The zero-order chi connectivity index (χ0) is 22.0. The maximum Gasteiger partial charge on any atom is 0.243 e. The van der Waals surface area contributed by atoms with Crippen LogP contribution < -0.4 is 0 Å². The minimum absolute atomic E-state index is 0.299. The Kier molecular flexibility index (Phi) is 6.34. The molecule has 0 unspecified atom stereocenters. The van der Waals surface area contributed by atoms with Gasteiger partial charge in [0.05, 0.1) is 11.4 Å². The summed E-state index contributed by atoms with van der Waals surface area (Å²) >= 11 is 6.01. The molecule has 31 heavy (non-hydrogen) atoms. The number of fused-ring (bicyclic) bond motifs is 1. The highest BCUT2D eigenvalue weighted by Gasteiger charge is 2.30. The van der Waals surface area contributed by atoms with E-state index < -0.39 is 10.0 Å². The predicted octanol–water partition coefficient (Wildman–Crippen LogP) is 4.91. The fraction of sp³-hybridized carbons (Fsp3) is 0.250. The molecule has 0 N–H and O–H groups in total. The first kappa shape index (κ1) is 21.8. The highest BCUT2D eigenvalue weighted by Crippen LogP contribution is 2.28. The average molecular weight is 457 g/mol. The van der Waals surface area contributed by atoms with E-state index in [2.05, 4.69) is 0 Å². The van der Waals surface area contributed by atoms with Gasteiger partial charge in [-0.25, -0.2) is 8.42 Å². The summed E-state index contributed by atoms with van der Waals surface area (Å²) in [5.41, 5.74) is 2.86. The van der Waals surface area contributed by atoms with Crippen molar-refractivity contribution in [2.24, 2.45) is 0 Å². The number of sulfonamides is 1. The maximum absolute atomic E-state index is 13.2. The average Bonchev–Trinajstić information content (AvgIpc) is 3.13. The van der Waals surface area contributed by atoms with E-state index in [1.807, 2.05) is 73.6 Å². The van der Waals surface area contributed by atoms with Crippen LogP contribution in [0.15, 0.2) is 63.9 Å². The molecule has 3 aromatic rings. The Hall–Kier alpha value is -2.38. The summed E-state index contributed by atoms with van der Waals surface area (Å²) in [6, 6.07) is 16.5. The third kappa shape index (κ3) is 5.10. The topological polar surface area (TPSA) is 53.8 Å². The molecule has 0 bridgehead atoms. The quantitative estimate of drug-likeness (QED) is 0.494. The van der Waals surface area contributed by atoms with Gasteiger partial charge in [0.15, 0.2) is 0 Å². The molecule has 0 atom stereocenters. The Morgan fingerprint density at radius 1 is 1.06 bits per heavy atom. The molecule has 0 radical (unpaired) electrons. The van der Waals surface area contributed by atoms with Crippen molar-refractivity contribution >= 4 is 33.8 Å². The highest BCUT2D eigenvalue weighted by molar-refractivity contribution is 7.89. The lowest BCUT2D eigenvalue weighted by atomic mass is 10.1. The van der Waals surface area contributed by atoms with Crippen LogP contribution in [-0.4, -0.2) is 38.3 Å². The molecule has 7 heteroatoms. The Morgan fingerprint density at radius 2 is 1.81 bits per heavy atom. The van der Waals surface area contributed by atoms with Crippen molar-refractivity contribution < 1.29 is 12.8 Å². The zero-order valence-corrected chi connectivity index (χ0v) is 19.2. The van der Waals surface area contributed by atoms with Crippen molar-refractivity contribution in [3.8, 4) is 0 Å². The van der Waals surface area contributed by atoms with Crippen LogP contribution in [0.2, 0.25) is 5.02 Å². The van der Waals surface area contributed by atoms with Crippen molar-refractivity contribution in [3.05, 3.63) is 87.8 Å². The second-order valence-corrected chi connectivity index (χ2v) is 10.3. The molecular formula is C24H25ClN2O3S. The lowest BCUT2D eigenvalue weighted by molar-refractivity contribution is 0.325. The molecule has 0 saturated carbocycles. The van der Waals surface area contributed by atoms with Gasteiger partial charge in [-0.3, -0.25) is 0 Å². The number of hydrogen-bond acceptors (Lipinski definition) is 4. The SMILES string of the molecule is CN(C)Cc1cc2c(o1)CCN(S(=O)(=O)c1ccc(C=Cc3cccc(Cl)c3)cc1)C2. The Labute approximate surface area is 188 Å². The molecular weight excluding hydrogens is 432 g/mol. The normalized spacial score (nSPS) is 15.0. The molecule has 0 fully saturated rings. The Morgan fingerprint density at radius 3 is 2.52 bits per heavy atom. The molecule has 2 aromatic carbocycles. The number of nitrogens with zero attached hydrogens (tertiary/aromatic N) is 2. The Bertz CT molecular complexity index is 1200. The molecule has 0 amide bonds. The van der Waals surface area contributed by atoms with Gasteiger partial charge in [0, 0.05) is 30.1 Å². The number of rotatable bonds is 6. The molecule has 1 aliphatic rings. The van der Waals surface area contributed by atoms with E-state index in [1.165, 1.54) is 4.31 Å². The van der Waals surface area contributed by atoms with Gasteiger partial charge in [0.1, 0.15) is 11.5 Å². The summed E-state index contributed by atoms with van der Waals surface area (Å²) in [5, 5.41) is 0.680. The minimum Gasteiger partial charge on any atom is -0.464 e. The van der Waals surface area contributed by atoms with Gasteiger partial charge in [-0.2, -0.15) is 4.31 Å². The number of hydrogen-bond donors (Lipinski definition) is 0. The second kappa shape index (κ2) is 9.01. The molecule has 4 rings (SSSR count). The van der Waals surface area contributed by atoms with E-state index in [0.717, 1.165) is 28.2 Å². The third-order valence-corrected chi connectivity index (χ3v) is 7.28. The largest absolute Gasteiger partial charge is 0.464 e. The fourth-order valence-corrected chi connectivity index (χ4v) is 5.28. The predicted molar refractivity (Wildman–Crippen MR) is 124 cm³/mol. The first-order valence-corrected chi connectivity index (χ1v) is 11.9. The van der Waals surface area contributed by atoms with Crippen LogP contribution in [-0.2, 0) is 29.5 Å². The molecule has 0 aliphatic carbocycles. The van der Waals surface area contributed by atoms with E-state index in [9.17, 15) is 8.42 Å². The summed E-state index contributed by atoms with van der Waals surface area (Å²) in [6.45, 7) is 1.45.